The van der Waals surface area contributed by atoms with Gasteiger partial charge in [0.05, 0.1) is 13.1 Å². The van der Waals surface area contributed by atoms with Crippen LogP contribution in [0.3, 0.4) is 0 Å². The molecule has 2 heterocycles. The zero-order valence-corrected chi connectivity index (χ0v) is 44.9. The summed E-state index contributed by atoms with van der Waals surface area (Å²) in [6.07, 6.45) is 7.31. The number of hydrogen-bond donors (Lipinski definition) is 4. The number of nitrogens with zero attached hydrogens (tertiary/aromatic N) is 5. The molecule has 0 bridgehead atoms. The summed E-state index contributed by atoms with van der Waals surface area (Å²) >= 11 is 0. The summed E-state index contributed by atoms with van der Waals surface area (Å²) in [5.74, 6) is -3.32. The molecule has 0 aliphatic rings. The minimum Gasteiger partial charge on any atom is -0.480 e. The van der Waals surface area contributed by atoms with Crippen LogP contribution in [0.2, 0.25) is 0 Å². The predicted molar refractivity (Wildman–Crippen MR) is 261 cm³/mol. The first-order valence-corrected chi connectivity index (χ1v) is 23.8. The number of carbonyl (C=O) groups is 8. The molecule has 2 aromatic rings. The van der Waals surface area contributed by atoms with E-state index in [9.17, 15) is 43.5 Å². The van der Waals surface area contributed by atoms with E-state index in [0.717, 1.165) is 0 Å². The van der Waals surface area contributed by atoms with E-state index in [1.165, 1.54) is 0 Å². The summed E-state index contributed by atoms with van der Waals surface area (Å²) in [5.41, 5.74) is -3.37. The molecule has 2 atom stereocenters. The fourth-order valence-electron chi connectivity index (χ4n) is 6.17. The van der Waals surface area contributed by atoms with Gasteiger partial charge in [0, 0.05) is 37.6 Å². The van der Waals surface area contributed by atoms with Gasteiger partial charge in [-0.15, -0.1) is 0 Å². The van der Waals surface area contributed by atoms with Crippen molar-refractivity contribution >= 4 is 47.8 Å². The topological polar surface area (TPSA) is 278 Å². The molecular weight excluding hydrogens is 925 g/mol. The molecule has 0 radical (unpaired) electrons. The fraction of sp³-hybridized carbons (Fsp3) is 0.714. The molecule has 4 N–H and O–H groups in total. The molecular formula is C49H82N8O14. The van der Waals surface area contributed by atoms with Crippen LogP contribution in [0.15, 0.2) is 24.8 Å². The molecule has 0 aliphatic heterocycles. The Hall–Kier alpha value is -6.06. The lowest BCUT2D eigenvalue weighted by atomic mass is 10.1. The number of carboxylic acids is 1. The summed E-state index contributed by atoms with van der Waals surface area (Å²) in [7, 11) is 0. The van der Waals surface area contributed by atoms with E-state index >= 15 is 0 Å². The second kappa shape index (κ2) is 28.1. The van der Waals surface area contributed by atoms with Crippen LogP contribution in [0, 0.1) is 0 Å². The normalized spacial score (nSPS) is 12.9. The van der Waals surface area contributed by atoms with Gasteiger partial charge in [0.2, 0.25) is 5.91 Å². The average molecular weight is 1010 g/mol. The number of nitrogens with one attached hydrogen (secondary N) is 3. The van der Waals surface area contributed by atoms with Crippen molar-refractivity contribution in [1.29, 1.82) is 0 Å². The number of carboxylic acid groups (broad SMARTS) is 1. The Bertz CT molecular complexity index is 1990. The van der Waals surface area contributed by atoms with Gasteiger partial charge in [-0.3, -0.25) is 28.9 Å². The summed E-state index contributed by atoms with van der Waals surface area (Å²) in [4.78, 5) is 110. The van der Waals surface area contributed by atoms with Crippen LogP contribution in [-0.2, 0) is 83.4 Å². The van der Waals surface area contributed by atoms with E-state index < -0.39 is 82.8 Å². The number of esters is 5. The Morgan fingerprint density at radius 2 is 1.03 bits per heavy atom. The SMILES string of the molecule is CC(C)(C)OC(=O)CNC(=O)NC(CCC(=O)NC(CCCCN(Cc1nccn1CC(=O)OC(C)(C)C)Cc1nccn1CC(=O)OC(C)(C)C)C(=O)O)C(=O)OC(C)(C)C.CCC(=O)OC(C)(C)C. The van der Waals surface area contributed by atoms with E-state index in [1.54, 1.807) is 124 Å². The molecule has 0 fully saturated rings. The molecule has 2 aromatic heterocycles. The molecule has 22 nitrogen and oxygen atoms in total. The molecule has 22 heteroatoms. The first-order chi connectivity index (χ1) is 32.4. The van der Waals surface area contributed by atoms with Gasteiger partial charge in [0.25, 0.3) is 0 Å². The van der Waals surface area contributed by atoms with Crippen molar-refractivity contribution < 1.29 is 67.1 Å². The van der Waals surface area contributed by atoms with Crippen molar-refractivity contribution in [3.05, 3.63) is 36.4 Å². The van der Waals surface area contributed by atoms with Crippen LogP contribution in [0.5, 0.6) is 0 Å². The highest BCUT2D eigenvalue weighted by Crippen LogP contribution is 2.16. The third-order valence-corrected chi connectivity index (χ3v) is 8.80. The van der Waals surface area contributed by atoms with E-state index in [0.29, 0.717) is 37.5 Å². The van der Waals surface area contributed by atoms with E-state index in [-0.39, 0.29) is 57.0 Å². The lowest BCUT2D eigenvalue weighted by molar-refractivity contribution is -0.158. The molecule has 0 saturated heterocycles. The van der Waals surface area contributed by atoms with Crippen LogP contribution >= 0.6 is 0 Å². The highest BCUT2D eigenvalue weighted by atomic mass is 16.6. The summed E-state index contributed by atoms with van der Waals surface area (Å²) in [5, 5.41) is 17.3. The maximum absolute atomic E-state index is 13.1. The van der Waals surface area contributed by atoms with Gasteiger partial charge in [-0.2, -0.15) is 0 Å². The van der Waals surface area contributed by atoms with Crippen LogP contribution in [-0.4, -0.2) is 130 Å². The van der Waals surface area contributed by atoms with Gasteiger partial charge in [0.1, 0.15) is 71.4 Å². The number of hydrogen-bond acceptors (Lipinski definition) is 16. The second-order valence-corrected chi connectivity index (χ2v) is 21.8. The van der Waals surface area contributed by atoms with Crippen molar-refractivity contribution in [3.8, 4) is 0 Å². The van der Waals surface area contributed by atoms with Gasteiger partial charge in [-0.25, -0.2) is 24.4 Å². The highest BCUT2D eigenvalue weighted by molar-refractivity contribution is 5.87. The van der Waals surface area contributed by atoms with Crippen molar-refractivity contribution in [3.63, 3.8) is 0 Å². The molecule has 402 valence electrons. The predicted octanol–water partition coefficient (Wildman–Crippen LogP) is 5.37. The second-order valence-electron chi connectivity index (χ2n) is 21.8. The molecule has 2 unspecified atom stereocenters. The largest absolute Gasteiger partial charge is 0.480 e. The number of imidazole rings is 2. The van der Waals surface area contributed by atoms with Crippen LogP contribution in [0.25, 0.3) is 0 Å². The van der Waals surface area contributed by atoms with Gasteiger partial charge in [-0.05, 0) is 136 Å². The van der Waals surface area contributed by atoms with Crippen molar-refractivity contribution in [2.45, 2.75) is 216 Å². The third kappa shape index (κ3) is 30.3. The van der Waals surface area contributed by atoms with Gasteiger partial charge < -0.3 is 53.9 Å². The third-order valence-electron chi connectivity index (χ3n) is 8.80. The summed E-state index contributed by atoms with van der Waals surface area (Å²) in [6.45, 7) is 28.3. The molecule has 0 aliphatic carbocycles. The van der Waals surface area contributed by atoms with E-state index in [2.05, 4.69) is 25.9 Å². The van der Waals surface area contributed by atoms with Crippen LogP contribution < -0.4 is 16.0 Å². The van der Waals surface area contributed by atoms with Crippen LogP contribution in [0.4, 0.5) is 4.79 Å². The number of aliphatic carboxylic acids is 1. The number of rotatable bonds is 23. The molecule has 2 rings (SSSR count). The Kier molecular flexibility index (Phi) is 24.9. The lowest BCUT2D eigenvalue weighted by Crippen LogP contribution is -2.50. The Morgan fingerprint density at radius 1 is 0.592 bits per heavy atom. The fourth-order valence-corrected chi connectivity index (χ4v) is 6.17. The van der Waals surface area contributed by atoms with Crippen molar-refractivity contribution in [2.24, 2.45) is 0 Å². The maximum atomic E-state index is 13.1. The number of aromatic nitrogens is 4. The first kappa shape index (κ1) is 63.0. The number of amides is 3. The number of carbonyl (C=O) groups excluding carboxylic acids is 7. The smallest absolute Gasteiger partial charge is 0.329 e. The Balaban J connectivity index is 0.00000253. The summed E-state index contributed by atoms with van der Waals surface area (Å²) < 4.78 is 29.9. The zero-order chi connectivity index (χ0) is 54.5. The zero-order valence-electron chi connectivity index (χ0n) is 44.9. The van der Waals surface area contributed by atoms with Crippen LogP contribution in [0.1, 0.15) is 161 Å². The van der Waals surface area contributed by atoms with Gasteiger partial charge >= 0.3 is 41.8 Å². The van der Waals surface area contributed by atoms with E-state index in [4.69, 9.17) is 23.7 Å². The molecule has 0 aromatic carbocycles. The first-order valence-electron chi connectivity index (χ1n) is 23.8. The standard InChI is InChI=1S/C42H68N8O12.C7H14O2/c1-39(2,3)59-33(52)23-45-38(58)47-29(37(57)62-42(10,11)12)16-17-32(51)46-28(36(55)56)15-13-14-20-48(24-30-43-18-21-49(30)26-34(53)60-40(4,5)6)25-31-44-19-22-50(31)27-35(54)61-41(7,8)9;1-5-6(8)9-7(2,3)4/h18-19,21-22,28-29H,13-17,20,23-27H2,1-12H3,(H,46,51)(H,55,56)(H2,45,47,58);5H2,1-4H3. The Morgan fingerprint density at radius 3 is 1.44 bits per heavy atom. The highest BCUT2D eigenvalue weighted by Gasteiger charge is 2.29. The molecule has 0 spiro atoms. The monoisotopic (exact) mass is 1010 g/mol. The quantitative estimate of drug-likeness (QED) is 0.0618. The minimum absolute atomic E-state index is 0.0657. The van der Waals surface area contributed by atoms with E-state index in [1.807, 2.05) is 25.7 Å². The molecule has 0 saturated carbocycles. The maximum Gasteiger partial charge on any atom is 0.329 e. The minimum atomic E-state index is -1.30. The lowest BCUT2D eigenvalue weighted by Gasteiger charge is -2.25. The Labute approximate surface area is 419 Å². The average Bonchev–Trinajstić information content (AvgIpc) is 3.81. The summed E-state index contributed by atoms with van der Waals surface area (Å²) in [6, 6.07) is -3.43. The number of urea groups is 1. The van der Waals surface area contributed by atoms with Crippen molar-refractivity contribution in [2.75, 3.05) is 13.1 Å². The van der Waals surface area contributed by atoms with Gasteiger partial charge in [-0.1, -0.05) is 6.92 Å². The van der Waals surface area contributed by atoms with Gasteiger partial charge in [0.15, 0.2) is 0 Å². The molecule has 3 amide bonds. The van der Waals surface area contributed by atoms with Crippen molar-refractivity contribution in [1.82, 2.24) is 40.0 Å². The number of unbranched alkanes of at least 4 members (excludes halogenated alkanes) is 1. The number of ether oxygens (including phenoxy) is 5. The molecule has 71 heavy (non-hydrogen) atoms.